The quantitative estimate of drug-likeness (QED) is 0.793. The SMILES string of the molecule is CC(C)CCC(=O)C(C#N)c1cccc(Cl)c1. The Bertz CT molecular complexity index is 434. The third-order valence-electron chi connectivity index (χ3n) is 2.60. The Balaban J connectivity index is 2.79. The minimum atomic E-state index is -0.688. The molecular weight excluding hydrogens is 234 g/mol. The van der Waals surface area contributed by atoms with E-state index in [1.807, 2.05) is 0 Å². The van der Waals surface area contributed by atoms with Gasteiger partial charge in [0, 0.05) is 11.4 Å². The number of nitrogens with zero attached hydrogens (tertiary/aromatic N) is 1. The lowest BCUT2D eigenvalue weighted by Gasteiger charge is -2.10. The maximum atomic E-state index is 11.9. The first-order valence-corrected chi connectivity index (χ1v) is 6.10. The number of ketones is 1. The zero-order valence-electron chi connectivity index (χ0n) is 10.1. The molecule has 0 aliphatic rings. The normalized spacial score (nSPS) is 12.2. The van der Waals surface area contributed by atoms with Gasteiger partial charge in [0.1, 0.15) is 5.92 Å². The molecule has 1 unspecified atom stereocenters. The van der Waals surface area contributed by atoms with E-state index in [1.165, 1.54) is 0 Å². The Kier molecular flexibility index (Phi) is 5.18. The highest BCUT2D eigenvalue weighted by Gasteiger charge is 2.20. The number of hydrogen-bond acceptors (Lipinski definition) is 2. The summed E-state index contributed by atoms with van der Waals surface area (Å²) in [7, 11) is 0. The van der Waals surface area contributed by atoms with Crippen molar-refractivity contribution in [3.8, 4) is 6.07 Å². The molecule has 1 atom stereocenters. The first-order valence-electron chi connectivity index (χ1n) is 5.72. The Labute approximate surface area is 107 Å². The summed E-state index contributed by atoms with van der Waals surface area (Å²) in [6.45, 7) is 4.13. The largest absolute Gasteiger partial charge is 0.298 e. The molecule has 0 spiro atoms. The molecule has 0 fully saturated rings. The molecule has 0 amide bonds. The molecule has 0 radical (unpaired) electrons. The molecule has 0 saturated heterocycles. The van der Waals surface area contributed by atoms with Crippen LogP contribution in [0.25, 0.3) is 0 Å². The van der Waals surface area contributed by atoms with Gasteiger partial charge < -0.3 is 0 Å². The van der Waals surface area contributed by atoms with E-state index in [-0.39, 0.29) is 5.78 Å². The van der Waals surface area contributed by atoms with Gasteiger partial charge in [0.25, 0.3) is 0 Å². The van der Waals surface area contributed by atoms with Gasteiger partial charge >= 0.3 is 0 Å². The van der Waals surface area contributed by atoms with E-state index in [2.05, 4.69) is 19.9 Å². The zero-order valence-corrected chi connectivity index (χ0v) is 10.9. The van der Waals surface area contributed by atoms with Gasteiger partial charge in [-0.2, -0.15) is 5.26 Å². The van der Waals surface area contributed by atoms with Crippen LogP contribution in [0.4, 0.5) is 0 Å². The molecule has 0 saturated carbocycles. The van der Waals surface area contributed by atoms with Gasteiger partial charge in [-0.25, -0.2) is 0 Å². The Morgan fingerprint density at radius 3 is 2.71 bits per heavy atom. The molecule has 2 nitrogen and oxygen atoms in total. The second-order valence-corrected chi connectivity index (χ2v) is 4.95. The highest BCUT2D eigenvalue weighted by Crippen LogP contribution is 2.22. The van der Waals surface area contributed by atoms with E-state index >= 15 is 0 Å². The van der Waals surface area contributed by atoms with Gasteiger partial charge in [0.2, 0.25) is 0 Å². The number of carbonyl (C=O) groups is 1. The summed E-state index contributed by atoms with van der Waals surface area (Å²) in [5.41, 5.74) is 0.689. The van der Waals surface area contributed by atoms with Crippen LogP contribution in [0.2, 0.25) is 5.02 Å². The van der Waals surface area contributed by atoms with Gasteiger partial charge in [-0.15, -0.1) is 0 Å². The molecule has 0 aliphatic carbocycles. The fourth-order valence-corrected chi connectivity index (χ4v) is 1.79. The van der Waals surface area contributed by atoms with Crippen LogP contribution in [0.3, 0.4) is 0 Å². The van der Waals surface area contributed by atoms with Crippen molar-refractivity contribution in [3.05, 3.63) is 34.9 Å². The van der Waals surface area contributed by atoms with Crippen LogP contribution >= 0.6 is 11.6 Å². The molecule has 0 heterocycles. The second-order valence-electron chi connectivity index (χ2n) is 4.52. The molecule has 0 aromatic heterocycles. The van der Waals surface area contributed by atoms with E-state index < -0.39 is 5.92 Å². The number of rotatable bonds is 5. The number of halogens is 1. The first kappa shape index (κ1) is 13.7. The van der Waals surface area contributed by atoms with Crippen molar-refractivity contribution in [1.29, 1.82) is 5.26 Å². The third kappa shape index (κ3) is 4.20. The van der Waals surface area contributed by atoms with Crippen LogP contribution in [0.1, 0.15) is 38.2 Å². The molecule has 17 heavy (non-hydrogen) atoms. The average molecular weight is 250 g/mol. The molecule has 1 rings (SSSR count). The van der Waals surface area contributed by atoms with E-state index in [1.54, 1.807) is 24.3 Å². The number of benzene rings is 1. The van der Waals surface area contributed by atoms with Crippen molar-refractivity contribution in [1.82, 2.24) is 0 Å². The van der Waals surface area contributed by atoms with Gasteiger partial charge in [-0.3, -0.25) is 4.79 Å². The van der Waals surface area contributed by atoms with Crippen LogP contribution in [-0.4, -0.2) is 5.78 Å². The lowest BCUT2D eigenvalue weighted by Crippen LogP contribution is -2.11. The molecule has 0 aliphatic heterocycles. The van der Waals surface area contributed by atoms with Crippen molar-refractivity contribution in [3.63, 3.8) is 0 Å². The van der Waals surface area contributed by atoms with E-state index in [0.717, 1.165) is 6.42 Å². The topological polar surface area (TPSA) is 40.9 Å². The Hall–Kier alpha value is -1.33. The standard InChI is InChI=1S/C14H16ClNO/c1-10(2)6-7-14(17)13(9-16)11-4-3-5-12(15)8-11/h3-5,8,10,13H,6-7H2,1-2H3. The molecule has 90 valence electrons. The molecule has 1 aromatic rings. The Morgan fingerprint density at radius 2 is 2.18 bits per heavy atom. The minimum Gasteiger partial charge on any atom is -0.298 e. The maximum absolute atomic E-state index is 11.9. The average Bonchev–Trinajstić information content (AvgIpc) is 2.27. The van der Waals surface area contributed by atoms with Crippen LogP contribution in [0.15, 0.2) is 24.3 Å². The predicted molar refractivity (Wildman–Crippen MR) is 68.9 cm³/mol. The van der Waals surface area contributed by atoms with Crippen LogP contribution in [-0.2, 0) is 4.79 Å². The summed E-state index contributed by atoms with van der Waals surface area (Å²) in [5, 5.41) is 9.65. The lowest BCUT2D eigenvalue weighted by molar-refractivity contribution is -0.119. The summed E-state index contributed by atoms with van der Waals surface area (Å²) in [6.07, 6.45) is 1.26. The fourth-order valence-electron chi connectivity index (χ4n) is 1.59. The molecule has 3 heteroatoms. The van der Waals surface area contributed by atoms with E-state index in [9.17, 15) is 4.79 Å². The lowest BCUT2D eigenvalue weighted by atomic mass is 9.92. The monoisotopic (exact) mass is 249 g/mol. The molecular formula is C14H16ClNO. The highest BCUT2D eigenvalue weighted by atomic mass is 35.5. The number of Topliss-reactive ketones (excluding diaryl/α,β-unsaturated/α-hetero) is 1. The van der Waals surface area contributed by atoms with Gasteiger partial charge in [0.15, 0.2) is 5.78 Å². The smallest absolute Gasteiger partial charge is 0.154 e. The van der Waals surface area contributed by atoms with Crippen molar-refractivity contribution in [2.75, 3.05) is 0 Å². The van der Waals surface area contributed by atoms with Crippen LogP contribution in [0.5, 0.6) is 0 Å². The zero-order chi connectivity index (χ0) is 12.8. The second kappa shape index (κ2) is 6.42. The number of carbonyl (C=O) groups excluding carboxylic acids is 1. The summed E-state index contributed by atoms with van der Waals surface area (Å²) in [5.74, 6) is -0.242. The van der Waals surface area contributed by atoms with Crippen molar-refractivity contribution in [2.45, 2.75) is 32.6 Å². The van der Waals surface area contributed by atoms with Crippen molar-refractivity contribution >= 4 is 17.4 Å². The minimum absolute atomic E-state index is 0.0246. The molecule has 1 aromatic carbocycles. The third-order valence-corrected chi connectivity index (χ3v) is 2.84. The van der Waals surface area contributed by atoms with Gasteiger partial charge in [-0.05, 0) is 30.0 Å². The van der Waals surface area contributed by atoms with Crippen molar-refractivity contribution < 1.29 is 4.79 Å². The van der Waals surface area contributed by atoms with Crippen molar-refractivity contribution in [2.24, 2.45) is 5.92 Å². The summed E-state index contributed by atoms with van der Waals surface area (Å²) >= 11 is 5.86. The van der Waals surface area contributed by atoms with Gasteiger partial charge in [0.05, 0.1) is 6.07 Å². The van der Waals surface area contributed by atoms with Crippen LogP contribution in [0, 0.1) is 17.2 Å². The first-order chi connectivity index (χ1) is 8.04. The molecule has 0 bridgehead atoms. The number of hydrogen-bond donors (Lipinski definition) is 0. The van der Waals surface area contributed by atoms with E-state index in [0.29, 0.717) is 22.9 Å². The highest BCUT2D eigenvalue weighted by molar-refractivity contribution is 6.30. The molecule has 0 N–H and O–H groups in total. The summed E-state index contributed by atoms with van der Waals surface area (Å²) in [4.78, 5) is 11.9. The maximum Gasteiger partial charge on any atom is 0.154 e. The number of nitriles is 1. The van der Waals surface area contributed by atoms with Gasteiger partial charge in [-0.1, -0.05) is 37.6 Å². The summed E-state index contributed by atoms with van der Waals surface area (Å²) < 4.78 is 0. The van der Waals surface area contributed by atoms with Crippen LogP contribution < -0.4 is 0 Å². The summed E-state index contributed by atoms with van der Waals surface area (Å²) in [6, 6.07) is 9.01. The predicted octanol–water partition coefficient (Wildman–Crippen LogP) is 3.95. The Morgan fingerprint density at radius 1 is 1.47 bits per heavy atom. The van der Waals surface area contributed by atoms with E-state index in [4.69, 9.17) is 16.9 Å². The fraction of sp³-hybridized carbons (Fsp3) is 0.429.